The number of aliphatic hydroxyl groups excluding tert-OH is 1. The van der Waals surface area contributed by atoms with Crippen LogP contribution in [0.15, 0.2) is 12.2 Å². The van der Waals surface area contributed by atoms with Crippen molar-refractivity contribution in [3.05, 3.63) is 12.2 Å². The number of hydrogen-bond acceptors (Lipinski definition) is 2. The van der Waals surface area contributed by atoms with Crippen molar-refractivity contribution in [1.29, 1.82) is 0 Å². The quantitative estimate of drug-likeness (QED) is 0.560. The maximum absolute atomic E-state index is 9.16. The van der Waals surface area contributed by atoms with E-state index in [4.69, 9.17) is 5.11 Å². The minimum Gasteiger partial charge on any atom is -0.387 e. The number of hydrogen-bond donors (Lipinski definition) is 1. The second kappa shape index (κ2) is 3.64. The summed E-state index contributed by atoms with van der Waals surface area (Å²) in [5, 5.41) is 9.16. The zero-order valence-corrected chi connectivity index (χ0v) is 6.39. The van der Waals surface area contributed by atoms with Gasteiger partial charge in [-0.3, -0.25) is 0 Å². The Morgan fingerprint density at radius 3 is 2.22 bits per heavy atom. The molecule has 9 heavy (non-hydrogen) atoms. The van der Waals surface area contributed by atoms with Crippen molar-refractivity contribution < 1.29 is 5.11 Å². The highest BCUT2D eigenvalue weighted by Gasteiger charge is 2.03. The van der Waals surface area contributed by atoms with Crippen molar-refractivity contribution >= 4 is 0 Å². The normalized spacial score (nSPS) is 13.9. The van der Waals surface area contributed by atoms with E-state index in [1.54, 1.807) is 0 Å². The molecule has 0 rings (SSSR count). The Labute approximate surface area is 56.8 Å². The third kappa shape index (κ3) is 4.18. The third-order valence-corrected chi connectivity index (χ3v) is 1.11. The Balaban J connectivity index is 3.50. The van der Waals surface area contributed by atoms with E-state index in [9.17, 15) is 0 Å². The molecule has 0 radical (unpaired) electrons. The maximum atomic E-state index is 9.16. The summed E-state index contributed by atoms with van der Waals surface area (Å²) < 4.78 is 0. The Kier molecular flexibility index (Phi) is 3.50. The van der Waals surface area contributed by atoms with Crippen molar-refractivity contribution in [1.82, 2.24) is 4.90 Å². The largest absolute Gasteiger partial charge is 0.387 e. The minimum absolute atomic E-state index is 0.375. The number of nitrogens with zero attached hydrogens (tertiary/aromatic N) is 1. The molecule has 0 saturated heterocycles. The van der Waals surface area contributed by atoms with E-state index in [2.05, 4.69) is 6.58 Å². The van der Waals surface area contributed by atoms with Crippen LogP contribution in [0.2, 0.25) is 0 Å². The molecule has 0 aliphatic carbocycles. The van der Waals surface area contributed by atoms with E-state index >= 15 is 0 Å². The van der Waals surface area contributed by atoms with Gasteiger partial charge in [0.15, 0.2) is 0 Å². The first-order chi connectivity index (χ1) is 4.04. The molecule has 0 aliphatic heterocycles. The average Bonchev–Trinajstić information content (AvgIpc) is 1.63. The van der Waals surface area contributed by atoms with Crippen LogP contribution in [0.1, 0.15) is 6.92 Å². The zero-order valence-electron chi connectivity index (χ0n) is 6.39. The van der Waals surface area contributed by atoms with E-state index in [0.717, 1.165) is 5.57 Å². The molecule has 0 fully saturated rings. The summed E-state index contributed by atoms with van der Waals surface area (Å²) in [7, 11) is 3.85. The standard InChI is InChI=1S/C7H15NO/c1-6(2)7(9)5-8(3)4/h7,9H,1,5H2,2-4H3. The average molecular weight is 129 g/mol. The van der Waals surface area contributed by atoms with Crippen LogP contribution >= 0.6 is 0 Å². The fraction of sp³-hybridized carbons (Fsp3) is 0.714. The molecule has 1 atom stereocenters. The number of likely N-dealkylation sites (N-methyl/N-ethyl adjacent to an activating group) is 1. The van der Waals surface area contributed by atoms with Gasteiger partial charge in [0.25, 0.3) is 0 Å². The molecule has 0 aromatic carbocycles. The first-order valence-corrected chi connectivity index (χ1v) is 3.02. The predicted octanol–water partition coefficient (Wildman–Crippen LogP) is 0.485. The zero-order chi connectivity index (χ0) is 7.44. The van der Waals surface area contributed by atoms with Gasteiger partial charge in [0.1, 0.15) is 0 Å². The minimum atomic E-state index is -0.375. The molecule has 1 N–H and O–H groups in total. The van der Waals surface area contributed by atoms with Crippen LogP contribution in [0.4, 0.5) is 0 Å². The van der Waals surface area contributed by atoms with Gasteiger partial charge >= 0.3 is 0 Å². The van der Waals surface area contributed by atoms with Crippen LogP contribution in [0.3, 0.4) is 0 Å². The summed E-state index contributed by atoms with van der Waals surface area (Å²) >= 11 is 0. The molecular formula is C7H15NO. The fourth-order valence-electron chi connectivity index (χ4n) is 0.502. The van der Waals surface area contributed by atoms with Gasteiger partial charge < -0.3 is 10.0 Å². The highest BCUT2D eigenvalue weighted by molar-refractivity contribution is 4.97. The lowest BCUT2D eigenvalue weighted by molar-refractivity contribution is 0.168. The highest BCUT2D eigenvalue weighted by Crippen LogP contribution is 1.97. The smallest absolute Gasteiger partial charge is 0.0871 e. The van der Waals surface area contributed by atoms with E-state index in [1.807, 2.05) is 25.9 Å². The summed E-state index contributed by atoms with van der Waals surface area (Å²) in [6, 6.07) is 0. The SMILES string of the molecule is C=C(C)C(O)CN(C)C. The van der Waals surface area contributed by atoms with Crippen molar-refractivity contribution in [3.63, 3.8) is 0 Å². The highest BCUT2D eigenvalue weighted by atomic mass is 16.3. The van der Waals surface area contributed by atoms with E-state index in [1.165, 1.54) is 0 Å². The van der Waals surface area contributed by atoms with Crippen LogP contribution in [0.5, 0.6) is 0 Å². The molecule has 0 amide bonds. The van der Waals surface area contributed by atoms with Gasteiger partial charge in [0, 0.05) is 6.54 Å². The van der Waals surface area contributed by atoms with E-state index in [0.29, 0.717) is 6.54 Å². The van der Waals surface area contributed by atoms with Crippen LogP contribution in [0, 0.1) is 0 Å². The van der Waals surface area contributed by atoms with Crippen molar-refractivity contribution in [2.24, 2.45) is 0 Å². The summed E-state index contributed by atoms with van der Waals surface area (Å²) in [5.74, 6) is 0. The molecule has 0 bridgehead atoms. The first-order valence-electron chi connectivity index (χ1n) is 3.02. The molecule has 2 heteroatoms. The monoisotopic (exact) mass is 129 g/mol. The topological polar surface area (TPSA) is 23.5 Å². The Morgan fingerprint density at radius 1 is 1.67 bits per heavy atom. The molecule has 0 heterocycles. The first kappa shape index (κ1) is 8.66. The van der Waals surface area contributed by atoms with Crippen LogP contribution in [-0.4, -0.2) is 36.8 Å². The lowest BCUT2D eigenvalue weighted by atomic mass is 10.2. The van der Waals surface area contributed by atoms with Crippen LogP contribution < -0.4 is 0 Å². The van der Waals surface area contributed by atoms with Crippen molar-refractivity contribution in [2.75, 3.05) is 20.6 Å². The fourth-order valence-corrected chi connectivity index (χ4v) is 0.502. The van der Waals surface area contributed by atoms with Crippen molar-refractivity contribution in [2.45, 2.75) is 13.0 Å². The van der Waals surface area contributed by atoms with E-state index < -0.39 is 0 Å². The number of aliphatic hydroxyl groups is 1. The molecular weight excluding hydrogens is 114 g/mol. The van der Waals surface area contributed by atoms with Gasteiger partial charge in [0.2, 0.25) is 0 Å². The second-order valence-corrected chi connectivity index (χ2v) is 2.62. The third-order valence-electron chi connectivity index (χ3n) is 1.11. The van der Waals surface area contributed by atoms with Crippen molar-refractivity contribution in [3.8, 4) is 0 Å². The summed E-state index contributed by atoms with van der Waals surface area (Å²) in [6.45, 7) is 6.12. The van der Waals surface area contributed by atoms with Gasteiger partial charge in [-0.1, -0.05) is 12.2 Å². The summed E-state index contributed by atoms with van der Waals surface area (Å²) in [5.41, 5.74) is 0.823. The molecule has 2 nitrogen and oxygen atoms in total. The van der Waals surface area contributed by atoms with Gasteiger partial charge in [-0.15, -0.1) is 0 Å². The molecule has 0 aromatic heterocycles. The number of rotatable bonds is 3. The molecule has 0 spiro atoms. The molecule has 0 aliphatic rings. The van der Waals surface area contributed by atoms with Gasteiger partial charge in [-0.05, 0) is 21.0 Å². The molecule has 1 unspecified atom stereocenters. The lowest BCUT2D eigenvalue weighted by Gasteiger charge is -2.15. The van der Waals surface area contributed by atoms with Gasteiger partial charge in [-0.2, -0.15) is 0 Å². The predicted molar refractivity (Wildman–Crippen MR) is 39.4 cm³/mol. The Bertz CT molecular complexity index is 99.1. The van der Waals surface area contributed by atoms with Gasteiger partial charge in [-0.25, -0.2) is 0 Å². The van der Waals surface area contributed by atoms with E-state index in [-0.39, 0.29) is 6.10 Å². The molecule has 54 valence electrons. The second-order valence-electron chi connectivity index (χ2n) is 2.62. The maximum Gasteiger partial charge on any atom is 0.0871 e. The summed E-state index contributed by atoms with van der Waals surface area (Å²) in [6.07, 6.45) is -0.375. The summed E-state index contributed by atoms with van der Waals surface area (Å²) in [4.78, 5) is 1.93. The molecule has 0 aromatic rings. The van der Waals surface area contributed by atoms with Crippen LogP contribution in [-0.2, 0) is 0 Å². The lowest BCUT2D eigenvalue weighted by Crippen LogP contribution is -2.26. The van der Waals surface area contributed by atoms with Gasteiger partial charge in [0.05, 0.1) is 6.10 Å². The van der Waals surface area contributed by atoms with Crippen LogP contribution in [0.25, 0.3) is 0 Å². The Hall–Kier alpha value is -0.340. The Morgan fingerprint density at radius 2 is 2.11 bits per heavy atom. The molecule has 0 saturated carbocycles.